The van der Waals surface area contributed by atoms with Crippen LogP contribution in [0.4, 0.5) is 9.18 Å². The summed E-state index contributed by atoms with van der Waals surface area (Å²) < 4.78 is 49.0. The largest absolute Gasteiger partial charge is 0.457 e. The summed E-state index contributed by atoms with van der Waals surface area (Å²) in [6.45, 7) is 0.607. The van der Waals surface area contributed by atoms with Gasteiger partial charge in [0.1, 0.15) is 23.4 Å². The van der Waals surface area contributed by atoms with E-state index in [9.17, 15) is 27.2 Å². The van der Waals surface area contributed by atoms with Crippen LogP contribution < -0.4 is 10.5 Å². The Morgan fingerprint density at radius 3 is 2.50 bits per heavy atom. The molecule has 2 heterocycles. The van der Waals surface area contributed by atoms with Crippen LogP contribution in [0.1, 0.15) is 41.6 Å². The van der Waals surface area contributed by atoms with E-state index in [4.69, 9.17) is 10.5 Å². The Morgan fingerprint density at radius 1 is 1.04 bits per heavy atom. The number of carbonyl (C=O) groups is 3. The highest BCUT2D eigenvalue weighted by Crippen LogP contribution is 2.36. The molecule has 4 aromatic rings. The number of urea groups is 1. The monoisotopic (exact) mass is 675 g/mol. The van der Waals surface area contributed by atoms with E-state index < -0.39 is 39.7 Å². The highest BCUT2D eigenvalue weighted by molar-refractivity contribution is 7.89. The van der Waals surface area contributed by atoms with Crippen LogP contribution in [0, 0.1) is 17.7 Å². The van der Waals surface area contributed by atoms with E-state index in [-0.39, 0.29) is 46.8 Å². The summed E-state index contributed by atoms with van der Waals surface area (Å²) in [4.78, 5) is 46.6. The molecule has 3 N–H and O–H groups in total. The number of nitrogens with one attached hydrogen (secondary N) is 1. The molecule has 1 aliphatic carbocycles. The van der Waals surface area contributed by atoms with Crippen LogP contribution in [-0.2, 0) is 21.2 Å². The maximum absolute atomic E-state index is 14.5. The lowest BCUT2D eigenvalue weighted by molar-refractivity contribution is -0.128. The molecule has 0 radical (unpaired) electrons. The van der Waals surface area contributed by atoms with Crippen molar-refractivity contribution in [3.05, 3.63) is 89.9 Å². The Morgan fingerprint density at radius 2 is 1.77 bits per heavy atom. The minimum Gasteiger partial charge on any atom is -0.457 e. The molecule has 2 fully saturated rings. The second-order valence-corrected chi connectivity index (χ2v) is 14.5. The van der Waals surface area contributed by atoms with Gasteiger partial charge in [-0.05, 0) is 91.7 Å². The summed E-state index contributed by atoms with van der Waals surface area (Å²) in [5, 5.41) is 0.813. The molecule has 11 nitrogen and oxygen atoms in total. The number of amides is 4. The molecule has 4 amide bonds. The highest BCUT2D eigenvalue weighted by atomic mass is 32.2. The van der Waals surface area contributed by atoms with Crippen molar-refractivity contribution in [2.24, 2.45) is 17.6 Å². The standard InChI is InChI=1S/C35H38FN5O6S/c1-39(2)33(42)29-18-27(14-15-32(29)47-26-12-10-25(36)11-13-26)48(45,46)41-31(17-24-20-38-30-9-4-3-8-28(24)30)34(43)40(35(41)44)21-23-7-5-6-22(16-23)19-37/h3-4,8-15,18,20,22-23,31,38H,5-7,16-17,19,21,37H2,1-2H3. The van der Waals surface area contributed by atoms with Crippen molar-refractivity contribution in [3.63, 3.8) is 0 Å². The number of para-hydroxylation sites is 1. The van der Waals surface area contributed by atoms with E-state index in [1.165, 1.54) is 55.4 Å². The van der Waals surface area contributed by atoms with Crippen LogP contribution in [0.5, 0.6) is 11.5 Å². The fourth-order valence-corrected chi connectivity index (χ4v) is 8.23. The van der Waals surface area contributed by atoms with Crippen molar-refractivity contribution in [2.75, 3.05) is 27.2 Å². The minimum absolute atomic E-state index is 0.00352. The van der Waals surface area contributed by atoms with E-state index in [0.29, 0.717) is 16.4 Å². The number of sulfonamides is 1. The number of fused-ring (bicyclic) bond motifs is 1. The third-order valence-corrected chi connectivity index (χ3v) is 11.0. The second kappa shape index (κ2) is 13.4. The Bertz CT molecular complexity index is 1960. The number of nitrogens with two attached hydrogens (primary N) is 1. The molecule has 1 saturated carbocycles. The molecule has 6 rings (SSSR count). The van der Waals surface area contributed by atoms with Gasteiger partial charge in [0.25, 0.3) is 21.8 Å². The first-order valence-electron chi connectivity index (χ1n) is 15.9. The first-order valence-corrected chi connectivity index (χ1v) is 17.4. The summed E-state index contributed by atoms with van der Waals surface area (Å²) in [6.07, 6.45) is 5.12. The molecular formula is C35H38FN5O6S. The third-order valence-electron chi connectivity index (χ3n) is 9.19. The lowest BCUT2D eigenvalue weighted by Crippen LogP contribution is -2.42. The molecule has 2 aliphatic rings. The molecule has 252 valence electrons. The first kappa shape index (κ1) is 33.2. The fourth-order valence-electron chi connectivity index (χ4n) is 6.69. The van der Waals surface area contributed by atoms with Crippen molar-refractivity contribution in [1.29, 1.82) is 0 Å². The van der Waals surface area contributed by atoms with Crippen molar-refractivity contribution in [2.45, 2.75) is 43.0 Å². The molecule has 0 bridgehead atoms. The number of benzene rings is 3. The number of hydrogen-bond donors (Lipinski definition) is 2. The van der Waals surface area contributed by atoms with E-state index >= 15 is 0 Å². The second-order valence-electron chi connectivity index (χ2n) is 12.7. The SMILES string of the molecule is CN(C)C(=O)c1cc(S(=O)(=O)N2C(=O)N(CC3CCCC(CN)C3)C(=O)C2Cc2c[nH]c3ccccc23)ccc1Oc1ccc(F)cc1. The number of aromatic amines is 1. The lowest BCUT2D eigenvalue weighted by Gasteiger charge is -2.30. The van der Waals surface area contributed by atoms with E-state index in [2.05, 4.69) is 4.98 Å². The summed E-state index contributed by atoms with van der Waals surface area (Å²) >= 11 is 0. The predicted molar refractivity (Wildman–Crippen MR) is 177 cm³/mol. The number of hydrogen-bond acceptors (Lipinski definition) is 7. The van der Waals surface area contributed by atoms with E-state index in [0.717, 1.165) is 47.6 Å². The molecule has 1 saturated heterocycles. The molecule has 3 unspecified atom stereocenters. The molecular weight excluding hydrogens is 637 g/mol. The Hall–Kier alpha value is -4.75. The van der Waals surface area contributed by atoms with Crippen molar-refractivity contribution in [1.82, 2.24) is 19.1 Å². The normalized spacial score (nSPS) is 20.0. The predicted octanol–water partition coefficient (Wildman–Crippen LogP) is 5.13. The summed E-state index contributed by atoms with van der Waals surface area (Å²) in [5.74, 6) is -1.08. The Labute approximate surface area is 278 Å². The number of halogens is 1. The first-order chi connectivity index (χ1) is 23.0. The third kappa shape index (κ3) is 6.39. The van der Waals surface area contributed by atoms with Crippen LogP contribution in [0.2, 0.25) is 0 Å². The molecule has 0 spiro atoms. The van der Waals surface area contributed by atoms with Gasteiger partial charge in [0.05, 0.1) is 10.5 Å². The molecule has 3 aromatic carbocycles. The topological polar surface area (TPSA) is 146 Å². The number of imide groups is 1. The quantitative estimate of drug-likeness (QED) is 0.222. The number of H-pyrrole nitrogens is 1. The van der Waals surface area contributed by atoms with Gasteiger partial charge in [0.2, 0.25) is 0 Å². The zero-order valence-electron chi connectivity index (χ0n) is 26.8. The van der Waals surface area contributed by atoms with Crippen LogP contribution in [0.25, 0.3) is 10.9 Å². The van der Waals surface area contributed by atoms with Gasteiger partial charge in [0, 0.05) is 44.2 Å². The lowest BCUT2D eigenvalue weighted by atomic mass is 9.81. The number of rotatable bonds is 10. The average Bonchev–Trinajstić information content (AvgIpc) is 3.59. The van der Waals surface area contributed by atoms with Crippen LogP contribution in [0.3, 0.4) is 0 Å². The highest BCUT2D eigenvalue weighted by Gasteiger charge is 2.52. The Balaban J connectivity index is 1.39. The number of aromatic nitrogens is 1. The fraction of sp³-hybridized carbons (Fsp3) is 0.343. The van der Waals surface area contributed by atoms with Crippen molar-refractivity contribution >= 4 is 38.8 Å². The van der Waals surface area contributed by atoms with Gasteiger partial charge >= 0.3 is 6.03 Å². The smallest absolute Gasteiger partial charge is 0.341 e. The van der Waals surface area contributed by atoms with Gasteiger partial charge in [-0.3, -0.25) is 14.5 Å². The number of carbonyl (C=O) groups excluding carboxylic acids is 3. The van der Waals surface area contributed by atoms with Gasteiger partial charge in [0.15, 0.2) is 0 Å². The van der Waals surface area contributed by atoms with E-state index in [1.807, 2.05) is 24.3 Å². The van der Waals surface area contributed by atoms with Gasteiger partial charge in [-0.25, -0.2) is 21.9 Å². The Kier molecular flexibility index (Phi) is 9.26. The van der Waals surface area contributed by atoms with Crippen molar-refractivity contribution in [3.8, 4) is 11.5 Å². The van der Waals surface area contributed by atoms with Gasteiger partial charge in [-0.2, -0.15) is 0 Å². The maximum Gasteiger partial charge on any atom is 0.341 e. The number of ether oxygens (including phenoxy) is 1. The number of nitrogens with zero attached hydrogens (tertiary/aromatic N) is 3. The summed E-state index contributed by atoms with van der Waals surface area (Å²) in [7, 11) is -1.67. The molecule has 1 aromatic heterocycles. The van der Waals surface area contributed by atoms with Crippen LogP contribution in [-0.4, -0.2) is 78.6 Å². The summed E-state index contributed by atoms with van der Waals surface area (Å²) in [5.41, 5.74) is 7.34. The maximum atomic E-state index is 14.5. The van der Waals surface area contributed by atoms with Crippen LogP contribution >= 0.6 is 0 Å². The summed E-state index contributed by atoms with van der Waals surface area (Å²) in [6, 6.07) is 14.0. The zero-order valence-corrected chi connectivity index (χ0v) is 27.6. The molecule has 48 heavy (non-hydrogen) atoms. The van der Waals surface area contributed by atoms with Crippen LogP contribution in [0.15, 0.2) is 77.8 Å². The molecule has 1 aliphatic heterocycles. The van der Waals surface area contributed by atoms with Crippen molar-refractivity contribution < 1.29 is 31.9 Å². The van der Waals surface area contributed by atoms with Gasteiger partial charge in [-0.15, -0.1) is 0 Å². The molecule has 13 heteroatoms. The van der Waals surface area contributed by atoms with Gasteiger partial charge < -0.3 is 20.4 Å². The van der Waals surface area contributed by atoms with E-state index in [1.54, 1.807) is 6.20 Å². The van der Waals surface area contributed by atoms with Gasteiger partial charge in [-0.1, -0.05) is 24.6 Å². The molecule has 3 atom stereocenters. The minimum atomic E-state index is -4.68. The zero-order chi connectivity index (χ0) is 34.2. The average molecular weight is 676 g/mol.